The highest BCUT2D eigenvalue weighted by Gasteiger charge is 2.01. The van der Waals surface area contributed by atoms with E-state index in [0.717, 1.165) is 0 Å². The summed E-state index contributed by atoms with van der Waals surface area (Å²) in [6.07, 6.45) is 0.620. The molecule has 0 aromatic heterocycles. The van der Waals surface area contributed by atoms with Gasteiger partial charge in [0, 0.05) is 12.2 Å². The smallest absolute Gasteiger partial charge is 0.306 e. The second-order valence-corrected chi connectivity index (χ2v) is 2.72. The summed E-state index contributed by atoms with van der Waals surface area (Å²) in [7, 11) is 0. The minimum Gasteiger partial charge on any atom is -0.462 e. The Morgan fingerprint density at radius 3 is 2.15 bits per heavy atom. The molecule has 76 valence electrons. The number of rotatable bonds is 6. The maximum atomic E-state index is 10.7. The van der Waals surface area contributed by atoms with Crippen molar-refractivity contribution >= 4 is 24.6 Å². The Hall–Kier alpha value is -0.710. The lowest BCUT2D eigenvalue weighted by molar-refractivity contribution is -0.151. The topological polar surface area (TPSA) is 52.6 Å². The van der Waals surface area contributed by atoms with E-state index < -0.39 is 0 Å². The zero-order valence-corrected chi connectivity index (χ0v) is 8.51. The van der Waals surface area contributed by atoms with Crippen molar-refractivity contribution in [3.63, 3.8) is 0 Å². The lowest BCUT2D eigenvalue weighted by atomic mass is 10.5. The van der Waals surface area contributed by atoms with Crippen LogP contribution in [0.15, 0.2) is 0 Å². The van der Waals surface area contributed by atoms with Gasteiger partial charge in [-0.3, -0.25) is 9.59 Å². The van der Waals surface area contributed by atoms with E-state index in [1.54, 1.807) is 6.92 Å². The summed E-state index contributed by atoms with van der Waals surface area (Å²) in [5, 5.41) is 0. The molecule has 0 aliphatic heterocycles. The van der Waals surface area contributed by atoms with Gasteiger partial charge in [-0.25, -0.2) is 0 Å². The van der Waals surface area contributed by atoms with E-state index >= 15 is 0 Å². The molecule has 0 saturated heterocycles. The summed E-state index contributed by atoms with van der Waals surface area (Å²) < 4.78 is 9.40. The third-order valence-electron chi connectivity index (χ3n) is 1.21. The van der Waals surface area contributed by atoms with Gasteiger partial charge in [0.15, 0.2) is 0 Å². The van der Waals surface area contributed by atoms with Crippen molar-refractivity contribution in [1.82, 2.24) is 0 Å². The normalized spacial score (nSPS) is 9.38. The van der Waals surface area contributed by atoms with Gasteiger partial charge in [-0.2, -0.15) is 12.6 Å². The molecule has 0 aromatic rings. The average Bonchev–Trinajstić information content (AvgIpc) is 2.12. The third-order valence-corrected chi connectivity index (χ3v) is 1.44. The summed E-state index contributed by atoms with van der Waals surface area (Å²) >= 11 is 3.87. The minimum atomic E-state index is -0.317. The van der Waals surface area contributed by atoms with Crippen LogP contribution < -0.4 is 0 Å². The average molecular weight is 206 g/mol. The molecule has 0 atom stereocenters. The zero-order valence-electron chi connectivity index (χ0n) is 7.62. The number of ether oxygens (including phenoxy) is 2. The lowest BCUT2D eigenvalue weighted by Crippen LogP contribution is -2.13. The Morgan fingerprint density at radius 2 is 1.69 bits per heavy atom. The summed E-state index contributed by atoms with van der Waals surface area (Å²) in [5.74, 6) is -0.138. The molecule has 0 aromatic carbocycles. The second-order valence-electron chi connectivity index (χ2n) is 2.27. The molecule has 0 radical (unpaired) electrons. The van der Waals surface area contributed by atoms with Crippen LogP contribution in [0.1, 0.15) is 19.8 Å². The van der Waals surface area contributed by atoms with Crippen LogP contribution in [0, 0.1) is 0 Å². The number of carbonyl (C=O) groups is 2. The van der Waals surface area contributed by atoms with Crippen molar-refractivity contribution in [3.8, 4) is 0 Å². The van der Waals surface area contributed by atoms with Gasteiger partial charge in [0.05, 0.1) is 6.42 Å². The van der Waals surface area contributed by atoms with Crippen LogP contribution in [-0.2, 0) is 19.1 Å². The van der Waals surface area contributed by atoms with E-state index in [9.17, 15) is 9.59 Å². The molecule has 0 amide bonds. The molecular weight excluding hydrogens is 192 g/mol. The van der Waals surface area contributed by atoms with Crippen LogP contribution in [-0.4, -0.2) is 30.9 Å². The predicted octanol–water partition coefficient (Wildman–Crippen LogP) is 0.803. The Balaban J connectivity index is 3.25. The van der Waals surface area contributed by atoms with Gasteiger partial charge in [-0.1, -0.05) is 6.92 Å². The Bertz CT molecular complexity index is 170. The van der Waals surface area contributed by atoms with E-state index in [1.165, 1.54) is 0 Å². The highest BCUT2D eigenvalue weighted by atomic mass is 32.1. The Kier molecular flexibility index (Phi) is 7.48. The number of thiol groups is 1. The van der Waals surface area contributed by atoms with E-state index in [0.29, 0.717) is 12.2 Å². The number of carbonyl (C=O) groups excluding carboxylic acids is 2. The number of esters is 2. The van der Waals surface area contributed by atoms with Crippen LogP contribution in [0.5, 0.6) is 0 Å². The van der Waals surface area contributed by atoms with Gasteiger partial charge in [0.25, 0.3) is 0 Å². The van der Waals surface area contributed by atoms with Crippen molar-refractivity contribution in [2.45, 2.75) is 19.8 Å². The SMILES string of the molecule is CCC(=O)OCCOC(=O)CCS. The number of hydrogen-bond donors (Lipinski definition) is 1. The van der Waals surface area contributed by atoms with Gasteiger partial charge in [0.1, 0.15) is 13.2 Å². The first-order valence-electron chi connectivity index (χ1n) is 4.12. The Morgan fingerprint density at radius 1 is 1.15 bits per heavy atom. The van der Waals surface area contributed by atoms with Crippen molar-refractivity contribution in [3.05, 3.63) is 0 Å². The van der Waals surface area contributed by atoms with E-state index in [4.69, 9.17) is 4.74 Å². The highest BCUT2D eigenvalue weighted by molar-refractivity contribution is 7.80. The van der Waals surface area contributed by atoms with Crippen molar-refractivity contribution < 1.29 is 19.1 Å². The molecule has 0 unspecified atom stereocenters. The first-order chi connectivity index (χ1) is 6.20. The van der Waals surface area contributed by atoms with Gasteiger partial charge < -0.3 is 9.47 Å². The molecule has 0 saturated carbocycles. The van der Waals surface area contributed by atoms with Crippen LogP contribution in [0.25, 0.3) is 0 Å². The monoisotopic (exact) mass is 206 g/mol. The molecule has 0 aliphatic carbocycles. The highest BCUT2D eigenvalue weighted by Crippen LogP contribution is 1.90. The van der Waals surface area contributed by atoms with E-state index in [-0.39, 0.29) is 31.6 Å². The number of hydrogen-bond acceptors (Lipinski definition) is 5. The van der Waals surface area contributed by atoms with Gasteiger partial charge >= 0.3 is 11.9 Å². The summed E-state index contributed by atoms with van der Waals surface area (Å²) in [6, 6.07) is 0. The minimum absolute atomic E-state index is 0.123. The summed E-state index contributed by atoms with van der Waals surface area (Å²) in [4.78, 5) is 21.4. The maximum Gasteiger partial charge on any atom is 0.306 e. The van der Waals surface area contributed by atoms with Crippen LogP contribution in [0.3, 0.4) is 0 Å². The largest absolute Gasteiger partial charge is 0.462 e. The molecule has 4 nitrogen and oxygen atoms in total. The van der Waals surface area contributed by atoms with Crippen molar-refractivity contribution in [1.29, 1.82) is 0 Å². The van der Waals surface area contributed by atoms with E-state index in [2.05, 4.69) is 17.4 Å². The predicted molar refractivity (Wildman–Crippen MR) is 50.7 cm³/mol. The first-order valence-corrected chi connectivity index (χ1v) is 4.76. The molecule has 0 aliphatic rings. The molecule has 0 spiro atoms. The van der Waals surface area contributed by atoms with Crippen LogP contribution in [0.2, 0.25) is 0 Å². The van der Waals surface area contributed by atoms with Crippen molar-refractivity contribution in [2.24, 2.45) is 0 Å². The van der Waals surface area contributed by atoms with Gasteiger partial charge in [-0.15, -0.1) is 0 Å². The molecule has 0 heterocycles. The standard InChI is InChI=1S/C8H14O4S/c1-2-7(9)11-4-5-12-8(10)3-6-13/h13H,2-6H2,1H3. The van der Waals surface area contributed by atoms with E-state index in [1.807, 2.05) is 0 Å². The zero-order chi connectivity index (χ0) is 10.1. The lowest BCUT2D eigenvalue weighted by Gasteiger charge is -2.04. The maximum absolute atomic E-state index is 10.7. The third kappa shape index (κ3) is 7.64. The molecule has 0 rings (SSSR count). The summed E-state index contributed by atoms with van der Waals surface area (Å²) in [5.41, 5.74) is 0. The van der Waals surface area contributed by atoms with Crippen molar-refractivity contribution in [2.75, 3.05) is 19.0 Å². The Labute approximate surface area is 83.0 Å². The van der Waals surface area contributed by atoms with Crippen LogP contribution in [0.4, 0.5) is 0 Å². The fourth-order valence-electron chi connectivity index (χ4n) is 0.577. The fourth-order valence-corrected chi connectivity index (χ4v) is 0.759. The van der Waals surface area contributed by atoms with Crippen LogP contribution >= 0.6 is 12.6 Å². The molecule has 0 bridgehead atoms. The second kappa shape index (κ2) is 7.91. The molecule has 0 fully saturated rings. The molecular formula is C8H14O4S. The molecule has 0 N–H and O–H groups in total. The van der Waals surface area contributed by atoms with Gasteiger partial charge in [-0.05, 0) is 0 Å². The summed E-state index contributed by atoms with van der Waals surface area (Å²) in [6.45, 7) is 1.96. The fraction of sp³-hybridized carbons (Fsp3) is 0.750. The molecule has 13 heavy (non-hydrogen) atoms. The quantitative estimate of drug-likeness (QED) is 0.397. The first kappa shape index (κ1) is 12.3. The molecule has 5 heteroatoms. The van der Waals surface area contributed by atoms with Gasteiger partial charge in [0.2, 0.25) is 0 Å².